The lowest BCUT2D eigenvalue weighted by atomic mass is 10.1. The number of nitrogens with one attached hydrogen (secondary N) is 2. The average molecular weight is 787 g/mol. The van der Waals surface area contributed by atoms with Crippen LogP contribution in [0.2, 0.25) is 0 Å². The molecule has 0 radical (unpaired) electrons. The molecule has 6 aromatic rings. The number of hydrogen-bond donors (Lipinski definition) is 2. The Morgan fingerprint density at radius 3 is 1.26 bits per heavy atom. The molecule has 2 aromatic carbocycles. The molecule has 50 heavy (non-hydrogen) atoms. The van der Waals surface area contributed by atoms with Crippen LogP contribution in [0, 0.1) is 0 Å². The zero-order valence-corrected chi connectivity index (χ0v) is 31.8. The molecule has 0 spiro atoms. The molecule has 262 valence electrons. The predicted octanol–water partition coefficient (Wildman–Crippen LogP) is 7.32. The van der Waals surface area contributed by atoms with Gasteiger partial charge >= 0.3 is 0 Å². The number of hydrogen-bond acceptors (Lipinski definition) is 8. The van der Waals surface area contributed by atoms with Gasteiger partial charge in [0.1, 0.15) is 11.3 Å². The third-order valence-corrected chi connectivity index (χ3v) is 9.16. The van der Waals surface area contributed by atoms with Crippen molar-refractivity contribution in [2.24, 2.45) is 0 Å². The van der Waals surface area contributed by atoms with E-state index in [0.29, 0.717) is 0 Å². The second kappa shape index (κ2) is 16.6. The minimum atomic E-state index is 0.784. The van der Waals surface area contributed by atoms with Crippen LogP contribution in [0.5, 0.6) is 0 Å². The quantitative estimate of drug-likeness (QED) is 0.134. The molecule has 10 nitrogen and oxygen atoms in total. The van der Waals surface area contributed by atoms with Crippen molar-refractivity contribution in [1.82, 2.24) is 19.9 Å². The van der Waals surface area contributed by atoms with Crippen molar-refractivity contribution in [3.63, 3.8) is 0 Å². The van der Waals surface area contributed by atoms with Crippen molar-refractivity contribution >= 4 is 67.4 Å². The fourth-order valence-corrected chi connectivity index (χ4v) is 6.33. The van der Waals surface area contributed by atoms with E-state index < -0.39 is 0 Å². The molecule has 6 heterocycles. The molecular formula is C39H47IN8O2. The van der Waals surface area contributed by atoms with Gasteiger partial charge in [-0.2, -0.15) is 0 Å². The summed E-state index contributed by atoms with van der Waals surface area (Å²) in [6, 6.07) is 21.6. The van der Waals surface area contributed by atoms with E-state index in [2.05, 4.69) is 163 Å². The minimum absolute atomic E-state index is 0.784. The number of benzene rings is 2. The number of aromatic amines is 2. The average Bonchev–Trinajstić information content (AvgIpc) is 3.81. The molecule has 0 bridgehead atoms. The highest BCUT2D eigenvalue weighted by molar-refractivity contribution is 14.1. The van der Waals surface area contributed by atoms with Crippen LogP contribution in [0.1, 0.15) is 0 Å². The van der Waals surface area contributed by atoms with Crippen molar-refractivity contribution in [3.05, 3.63) is 85.5 Å². The van der Waals surface area contributed by atoms with Crippen molar-refractivity contribution < 1.29 is 9.47 Å². The smallest absolute Gasteiger partial charge is 0.139 e. The lowest BCUT2D eigenvalue weighted by Gasteiger charge is -2.28. The summed E-state index contributed by atoms with van der Waals surface area (Å²) >= 11 is 2.15. The fraction of sp³-hybridized carbons (Fsp3) is 0.333. The van der Waals surface area contributed by atoms with Gasteiger partial charge in [-0.15, -0.1) is 0 Å². The summed E-state index contributed by atoms with van der Waals surface area (Å²) in [5, 5.41) is 2.34. The van der Waals surface area contributed by atoms with Crippen LogP contribution >= 0.6 is 22.6 Å². The fourth-order valence-electron chi connectivity index (χ4n) is 6.33. The van der Waals surface area contributed by atoms with Crippen LogP contribution in [0.15, 0.2) is 85.5 Å². The highest BCUT2D eigenvalue weighted by atomic mass is 127. The first-order chi connectivity index (χ1) is 24.4. The monoisotopic (exact) mass is 786 g/mol. The number of anilines is 4. The molecule has 4 aromatic heterocycles. The first-order valence-electron chi connectivity index (χ1n) is 17.0. The number of H-pyrrole nitrogens is 2. The number of morpholine rings is 2. The molecule has 2 aliphatic rings. The minimum Gasteiger partial charge on any atom is -0.378 e. The van der Waals surface area contributed by atoms with Crippen molar-refractivity contribution in [1.29, 1.82) is 0 Å². The zero-order valence-electron chi connectivity index (χ0n) is 29.6. The Kier molecular flexibility index (Phi) is 11.8. The Morgan fingerprint density at radius 1 is 0.560 bits per heavy atom. The van der Waals surface area contributed by atoms with E-state index in [4.69, 9.17) is 9.47 Å². The number of halogens is 1. The van der Waals surface area contributed by atoms with Gasteiger partial charge in [-0.25, -0.2) is 9.97 Å². The van der Waals surface area contributed by atoms with Gasteiger partial charge in [-0.3, -0.25) is 0 Å². The van der Waals surface area contributed by atoms with Crippen LogP contribution in [0.25, 0.3) is 44.3 Å². The molecule has 2 N–H and O–H groups in total. The molecule has 0 atom stereocenters. The van der Waals surface area contributed by atoms with E-state index in [-0.39, 0.29) is 0 Å². The maximum absolute atomic E-state index is 5.46. The van der Waals surface area contributed by atoms with Gasteiger partial charge in [0.2, 0.25) is 0 Å². The molecule has 11 heteroatoms. The van der Waals surface area contributed by atoms with E-state index in [1.54, 1.807) is 0 Å². The van der Waals surface area contributed by atoms with Gasteiger partial charge in [-0.1, -0.05) is 46.9 Å². The molecule has 2 fully saturated rings. The largest absolute Gasteiger partial charge is 0.378 e. The van der Waals surface area contributed by atoms with Gasteiger partial charge < -0.3 is 39.0 Å². The summed E-state index contributed by atoms with van der Waals surface area (Å²) in [5.74, 6) is 0. The highest BCUT2D eigenvalue weighted by Crippen LogP contribution is 2.32. The van der Waals surface area contributed by atoms with Gasteiger partial charge in [0.25, 0.3) is 0 Å². The molecule has 2 aliphatic heterocycles. The van der Waals surface area contributed by atoms with Gasteiger partial charge in [0, 0.05) is 112 Å². The summed E-state index contributed by atoms with van der Waals surface area (Å²) in [5.41, 5.74) is 11.3. The van der Waals surface area contributed by atoms with E-state index in [1.165, 1.54) is 44.6 Å². The van der Waals surface area contributed by atoms with Crippen LogP contribution in [0.4, 0.5) is 22.7 Å². The van der Waals surface area contributed by atoms with Crippen molar-refractivity contribution in [2.45, 2.75) is 0 Å². The summed E-state index contributed by atoms with van der Waals surface area (Å²) in [6.07, 6.45) is 7.99. The standard InChI is InChI=1S/2C19H22N4O.CH3I/c2*1-22(2)16-5-3-14(4-6-16)15-11-17-18(13-21-19(17)20-12-15)23-7-9-24-10-8-23;1-2/h2*3-6,11-13H,7-10H2,1-2H3,(H,20,21);1H3. The highest BCUT2D eigenvalue weighted by Gasteiger charge is 2.18. The summed E-state index contributed by atoms with van der Waals surface area (Å²) in [4.78, 5) is 26.7. The lowest BCUT2D eigenvalue weighted by Crippen LogP contribution is -2.36. The normalized spacial score (nSPS) is 14.5. The maximum atomic E-state index is 5.46. The Labute approximate surface area is 308 Å². The Morgan fingerprint density at radius 2 is 0.920 bits per heavy atom. The van der Waals surface area contributed by atoms with Crippen LogP contribution in [-0.4, -0.2) is 106 Å². The summed E-state index contributed by atoms with van der Waals surface area (Å²) < 4.78 is 10.9. The lowest BCUT2D eigenvalue weighted by molar-refractivity contribution is 0.122. The topological polar surface area (TPSA) is 88.8 Å². The number of alkyl halides is 1. The second-order valence-electron chi connectivity index (χ2n) is 12.7. The third-order valence-electron chi connectivity index (χ3n) is 9.16. The van der Waals surface area contributed by atoms with Crippen molar-refractivity contribution in [3.8, 4) is 22.3 Å². The molecule has 0 aliphatic carbocycles. The molecule has 0 unspecified atom stereocenters. The number of aromatic nitrogens is 4. The molecular weight excluding hydrogens is 739 g/mol. The Bertz CT molecular complexity index is 1820. The molecule has 0 amide bonds. The van der Waals surface area contributed by atoms with Crippen LogP contribution in [0.3, 0.4) is 0 Å². The first kappa shape index (κ1) is 35.5. The molecule has 0 saturated carbocycles. The third kappa shape index (κ3) is 8.00. The predicted molar refractivity (Wildman–Crippen MR) is 218 cm³/mol. The van der Waals surface area contributed by atoms with E-state index in [9.17, 15) is 0 Å². The summed E-state index contributed by atoms with van der Waals surface area (Å²) in [7, 11) is 8.21. The number of rotatable bonds is 6. The van der Waals surface area contributed by atoms with Gasteiger partial charge in [0.15, 0.2) is 0 Å². The first-order valence-corrected chi connectivity index (χ1v) is 19.1. The number of fused-ring (bicyclic) bond motifs is 2. The number of pyridine rings is 2. The van der Waals surface area contributed by atoms with E-state index in [1.807, 2.05) is 17.3 Å². The number of nitrogens with zero attached hydrogens (tertiary/aromatic N) is 6. The molecule has 8 rings (SSSR count). The number of ether oxygens (including phenoxy) is 2. The maximum Gasteiger partial charge on any atom is 0.139 e. The van der Waals surface area contributed by atoms with Gasteiger partial charge in [0.05, 0.1) is 37.8 Å². The van der Waals surface area contributed by atoms with E-state index in [0.717, 1.165) is 75.0 Å². The summed E-state index contributed by atoms with van der Waals surface area (Å²) in [6.45, 7) is 6.84. The second-order valence-corrected chi connectivity index (χ2v) is 12.7. The van der Waals surface area contributed by atoms with Crippen LogP contribution in [-0.2, 0) is 9.47 Å². The SMILES string of the molecule is CI.CN(C)c1ccc(-c2cnc3[nH]cc(N4CCOCC4)c3c2)cc1.CN(C)c1ccc(-c2cnc3[nH]cc(N4CCOCC4)c3c2)cc1. The Balaban J connectivity index is 0.000000165. The van der Waals surface area contributed by atoms with Gasteiger partial charge in [-0.05, 0) is 52.5 Å². The molecule has 2 saturated heterocycles. The van der Waals surface area contributed by atoms with E-state index >= 15 is 0 Å². The van der Waals surface area contributed by atoms with Crippen molar-refractivity contribution in [2.75, 3.05) is 105 Å². The Hall–Kier alpha value is -4.33. The zero-order chi connectivity index (χ0) is 35.0. The van der Waals surface area contributed by atoms with Crippen LogP contribution < -0.4 is 19.6 Å².